The summed E-state index contributed by atoms with van der Waals surface area (Å²) < 4.78 is 40.0. The second-order valence-corrected chi connectivity index (χ2v) is 8.19. The molecule has 2 amide bonds. The lowest BCUT2D eigenvalue weighted by atomic mass is 10.1. The summed E-state index contributed by atoms with van der Waals surface area (Å²) in [5.74, 6) is -0.401. The zero-order valence-corrected chi connectivity index (χ0v) is 18.6. The van der Waals surface area contributed by atoms with Crippen molar-refractivity contribution in [3.8, 4) is 5.82 Å². The summed E-state index contributed by atoms with van der Waals surface area (Å²) in [7, 11) is 0. The Labute approximate surface area is 193 Å². The fourth-order valence-corrected chi connectivity index (χ4v) is 3.76. The van der Waals surface area contributed by atoms with Gasteiger partial charge < -0.3 is 15.5 Å². The van der Waals surface area contributed by atoms with Crippen LogP contribution in [0.5, 0.6) is 0 Å². The van der Waals surface area contributed by atoms with E-state index < -0.39 is 17.6 Å². The molecule has 8 nitrogen and oxygen atoms in total. The van der Waals surface area contributed by atoms with E-state index in [-0.39, 0.29) is 24.2 Å². The molecule has 2 aromatic heterocycles. The minimum absolute atomic E-state index is 0.0376. The van der Waals surface area contributed by atoms with Gasteiger partial charge in [-0.25, -0.2) is 9.67 Å². The maximum Gasteiger partial charge on any atom is 0.417 e. The monoisotopic (exact) mass is 472 g/mol. The molecule has 3 heterocycles. The lowest BCUT2D eigenvalue weighted by Crippen LogP contribution is -2.47. The molecule has 0 aliphatic carbocycles. The van der Waals surface area contributed by atoms with Crippen molar-refractivity contribution in [2.75, 3.05) is 29.9 Å². The molecule has 34 heavy (non-hydrogen) atoms. The Balaban J connectivity index is 1.53. The van der Waals surface area contributed by atoms with Crippen LogP contribution in [0.1, 0.15) is 41.4 Å². The quantitative estimate of drug-likeness (QED) is 0.592. The van der Waals surface area contributed by atoms with Crippen LogP contribution in [0, 0.1) is 0 Å². The SMILES string of the molecule is CC(C)c1c(C(=O)Nc2ccc(N3CCNC(=O)C3)cc2)cnn1-c1ccc(C(F)(F)F)cn1. The molecule has 1 aromatic carbocycles. The second kappa shape index (κ2) is 9.16. The molecule has 11 heteroatoms. The first-order valence-corrected chi connectivity index (χ1v) is 10.7. The van der Waals surface area contributed by atoms with E-state index in [4.69, 9.17) is 0 Å². The number of amides is 2. The van der Waals surface area contributed by atoms with Gasteiger partial charge in [0.25, 0.3) is 5.91 Å². The molecule has 0 atom stereocenters. The normalized spacial score (nSPS) is 14.3. The number of carbonyl (C=O) groups is 2. The van der Waals surface area contributed by atoms with Gasteiger partial charge in [0.2, 0.25) is 5.91 Å². The number of pyridine rings is 1. The summed E-state index contributed by atoms with van der Waals surface area (Å²) >= 11 is 0. The van der Waals surface area contributed by atoms with Gasteiger partial charge in [0.05, 0.1) is 29.6 Å². The van der Waals surface area contributed by atoms with Crippen molar-refractivity contribution in [3.05, 3.63) is 65.6 Å². The van der Waals surface area contributed by atoms with E-state index in [2.05, 4.69) is 20.7 Å². The highest BCUT2D eigenvalue weighted by molar-refractivity contribution is 6.05. The summed E-state index contributed by atoms with van der Waals surface area (Å²) in [5, 5.41) is 9.81. The van der Waals surface area contributed by atoms with Gasteiger partial charge in [-0.15, -0.1) is 0 Å². The van der Waals surface area contributed by atoms with Gasteiger partial charge in [0.15, 0.2) is 5.82 Å². The first-order chi connectivity index (χ1) is 16.1. The number of carbonyl (C=O) groups excluding carboxylic acids is 2. The minimum atomic E-state index is -4.49. The molecule has 2 N–H and O–H groups in total. The van der Waals surface area contributed by atoms with Gasteiger partial charge in [0, 0.05) is 30.7 Å². The van der Waals surface area contributed by atoms with E-state index in [9.17, 15) is 22.8 Å². The molecule has 1 aliphatic heterocycles. The van der Waals surface area contributed by atoms with Gasteiger partial charge >= 0.3 is 6.18 Å². The molecule has 0 saturated carbocycles. The Morgan fingerprint density at radius 3 is 2.44 bits per heavy atom. The third-order valence-electron chi connectivity index (χ3n) is 5.42. The van der Waals surface area contributed by atoms with E-state index in [1.165, 1.54) is 16.9 Å². The van der Waals surface area contributed by atoms with Gasteiger partial charge in [-0.3, -0.25) is 9.59 Å². The van der Waals surface area contributed by atoms with Crippen molar-refractivity contribution in [1.82, 2.24) is 20.1 Å². The molecule has 3 aromatic rings. The zero-order valence-electron chi connectivity index (χ0n) is 18.6. The van der Waals surface area contributed by atoms with Crippen molar-refractivity contribution < 1.29 is 22.8 Å². The topological polar surface area (TPSA) is 92.2 Å². The summed E-state index contributed by atoms with van der Waals surface area (Å²) in [6.07, 6.45) is -2.36. The van der Waals surface area contributed by atoms with E-state index in [1.54, 1.807) is 12.1 Å². The Kier molecular flexibility index (Phi) is 6.27. The molecular weight excluding hydrogens is 449 g/mol. The molecule has 0 radical (unpaired) electrons. The van der Waals surface area contributed by atoms with E-state index >= 15 is 0 Å². The number of halogens is 3. The fourth-order valence-electron chi connectivity index (χ4n) is 3.76. The highest BCUT2D eigenvalue weighted by Crippen LogP contribution is 2.30. The molecule has 0 spiro atoms. The number of nitrogens with zero attached hydrogens (tertiary/aromatic N) is 4. The van der Waals surface area contributed by atoms with Crippen LogP contribution in [0.3, 0.4) is 0 Å². The summed E-state index contributed by atoms with van der Waals surface area (Å²) in [6, 6.07) is 9.30. The van der Waals surface area contributed by atoms with Crippen molar-refractivity contribution in [2.24, 2.45) is 0 Å². The first-order valence-electron chi connectivity index (χ1n) is 10.7. The number of hydrogen-bond donors (Lipinski definition) is 2. The van der Waals surface area contributed by atoms with Crippen LogP contribution in [-0.4, -0.2) is 46.2 Å². The Morgan fingerprint density at radius 1 is 1.12 bits per heavy atom. The first kappa shape index (κ1) is 23.3. The number of alkyl halides is 3. The van der Waals surface area contributed by atoms with E-state index in [1.807, 2.05) is 30.9 Å². The molecule has 178 valence electrons. The highest BCUT2D eigenvalue weighted by atomic mass is 19.4. The largest absolute Gasteiger partial charge is 0.417 e. The average Bonchev–Trinajstić information content (AvgIpc) is 3.25. The second-order valence-electron chi connectivity index (χ2n) is 8.19. The third kappa shape index (κ3) is 4.87. The predicted molar refractivity (Wildman–Crippen MR) is 120 cm³/mol. The van der Waals surface area contributed by atoms with Gasteiger partial charge in [-0.1, -0.05) is 13.8 Å². The maximum atomic E-state index is 13.0. The number of hydrogen-bond acceptors (Lipinski definition) is 5. The van der Waals surface area contributed by atoms with E-state index in [0.717, 1.165) is 18.0 Å². The summed E-state index contributed by atoms with van der Waals surface area (Å²) in [5.41, 5.74) is 1.40. The number of rotatable bonds is 5. The zero-order chi connectivity index (χ0) is 24.5. The van der Waals surface area contributed by atoms with Crippen molar-refractivity contribution in [2.45, 2.75) is 25.9 Å². The maximum absolute atomic E-state index is 13.0. The molecule has 1 aliphatic rings. The lowest BCUT2D eigenvalue weighted by molar-refractivity contribution is -0.137. The van der Waals surface area contributed by atoms with Crippen molar-refractivity contribution in [1.29, 1.82) is 0 Å². The van der Waals surface area contributed by atoms with Crippen LogP contribution in [-0.2, 0) is 11.0 Å². The van der Waals surface area contributed by atoms with Crippen LogP contribution >= 0.6 is 0 Å². The summed E-state index contributed by atoms with van der Waals surface area (Å²) in [4.78, 5) is 30.4. The number of aromatic nitrogens is 3. The van der Waals surface area contributed by atoms with Gasteiger partial charge in [-0.05, 0) is 42.3 Å². The smallest absolute Gasteiger partial charge is 0.360 e. The van der Waals surface area contributed by atoms with Crippen LogP contribution in [0.25, 0.3) is 5.82 Å². The Bertz CT molecular complexity index is 1190. The molecular formula is C23H23F3N6O2. The molecule has 0 bridgehead atoms. The average molecular weight is 472 g/mol. The molecule has 1 saturated heterocycles. The summed E-state index contributed by atoms with van der Waals surface area (Å²) in [6.45, 7) is 5.27. The van der Waals surface area contributed by atoms with Crippen LogP contribution < -0.4 is 15.5 Å². The van der Waals surface area contributed by atoms with Crippen LogP contribution in [0.15, 0.2) is 48.8 Å². The number of nitrogens with one attached hydrogen (secondary N) is 2. The Morgan fingerprint density at radius 2 is 1.85 bits per heavy atom. The minimum Gasteiger partial charge on any atom is -0.360 e. The number of piperazine rings is 1. The molecule has 0 unspecified atom stereocenters. The standard InChI is InChI=1S/C23H23F3N6O2/c1-14(2)21-18(12-29-32(21)19-8-3-15(11-28-19)23(24,25)26)22(34)30-16-4-6-17(7-5-16)31-10-9-27-20(33)13-31/h3-8,11-12,14H,9-10,13H2,1-2H3,(H,27,33)(H,30,34). The van der Waals surface area contributed by atoms with Gasteiger partial charge in [0.1, 0.15) is 0 Å². The van der Waals surface area contributed by atoms with Crippen LogP contribution in [0.2, 0.25) is 0 Å². The highest BCUT2D eigenvalue weighted by Gasteiger charge is 2.31. The van der Waals surface area contributed by atoms with Gasteiger partial charge in [-0.2, -0.15) is 18.3 Å². The Hall–Kier alpha value is -3.89. The lowest BCUT2D eigenvalue weighted by Gasteiger charge is -2.28. The number of anilines is 2. The van der Waals surface area contributed by atoms with Crippen LogP contribution in [0.4, 0.5) is 24.5 Å². The third-order valence-corrected chi connectivity index (χ3v) is 5.42. The van der Waals surface area contributed by atoms with Crippen molar-refractivity contribution >= 4 is 23.2 Å². The molecule has 1 fully saturated rings. The van der Waals surface area contributed by atoms with E-state index in [0.29, 0.717) is 30.0 Å². The van der Waals surface area contributed by atoms with Crippen molar-refractivity contribution in [3.63, 3.8) is 0 Å². The fraction of sp³-hybridized carbons (Fsp3) is 0.304. The predicted octanol–water partition coefficient (Wildman–Crippen LogP) is 3.60. The number of benzene rings is 1. The molecule has 4 rings (SSSR count).